The van der Waals surface area contributed by atoms with Gasteiger partial charge >= 0.3 is 5.63 Å². The number of anilines is 1. The monoisotopic (exact) mass is 341 g/mol. The Hall–Kier alpha value is -2.59. The van der Waals surface area contributed by atoms with Crippen molar-refractivity contribution >= 4 is 34.5 Å². The zero-order chi connectivity index (χ0) is 17.1. The van der Waals surface area contributed by atoms with Gasteiger partial charge in [0.15, 0.2) is 6.29 Å². The molecule has 3 rings (SSSR count). The van der Waals surface area contributed by atoms with Gasteiger partial charge in [0, 0.05) is 30.2 Å². The molecule has 0 spiro atoms. The van der Waals surface area contributed by atoms with Crippen molar-refractivity contribution in [1.29, 1.82) is 0 Å². The molecule has 3 aromatic rings. The van der Waals surface area contributed by atoms with Crippen LogP contribution in [0.2, 0.25) is 5.02 Å². The molecule has 0 aliphatic rings. The molecule has 0 N–H and O–H groups in total. The average Bonchev–Trinajstić information content (AvgIpc) is 2.60. The Morgan fingerprint density at radius 1 is 1.17 bits per heavy atom. The molecule has 0 amide bonds. The van der Waals surface area contributed by atoms with Crippen LogP contribution >= 0.6 is 11.6 Å². The summed E-state index contributed by atoms with van der Waals surface area (Å²) in [4.78, 5) is 25.0. The molecule has 0 radical (unpaired) electrons. The number of benzene rings is 2. The van der Waals surface area contributed by atoms with E-state index < -0.39 is 5.63 Å². The Balaban J connectivity index is 2.03. The first kappa shape index (κ1) is 16.3. The summed E-state index contributed by atoms with van der Waals surface area (Å²) in [6, 6.07) is 15.6. The first-order chi connectivity index (χ1) is 11.6. The van der Waals surface area contributed by atoms with E-state index in [4.69, 9.17) is 16.0 Å². The molecule has 0 aliphatic heterocycles. The second-order valence-corrected chi connectivity index (χ2v) is 5.79. The maximum atomic E-state index is 11.8. The van der Waals surface area contributed by atoms with Gasteiger partial charge in [0.1, 0.15) is 11.1 Å². The summed E-state index contributed by atoms with van der Waals surface area (Å²) in [5.74, 6) is 0. The van der Waals surface area contributed by atoms with Crippen LogP contribution in [-0.2, 0) is 6.54 Å². The third-order valence-electron chi connectivity index (χ3n) is 3.94. The van der Waals surface area contributed by atoms with Crippen LogP contribution in [0.3, 0.4) is 0 Å². The van der Waals surface area contributed by atoms with Gasteiger partial charge in [-0.15, -0.1) is 0 Å². The molecule has 0 fully saturated rings. The summed E-state index contributed by atoms with van der Waals surface area (Å²) >= 11 is 6.14. The standard InChI is InChI=1S/C19H16ClNO3/c1-2-21(11-13-6-4-3-5-7-13)14-8-9-15-17(10-14)24-19(23)16(12-22)18(15)20/h3-10,12H,2,11H2,1H3. The predicted octanol–water partition coefficient (Wildman–Crippen LogP) is 4.29. The minimum atomic E-state index is -0.717. The van der Waals surface area contributed by atoms with E-state index in [9.17, 15) is 9.59 Å². The number of aldehydes is 1. The van der Waals surface area contributed by atoms with E-state index in [-0.39, 0.29) is 10.6 Å². The SMILES string of the molecule is CCN(Cc1ccccc1)c1ccc2c(Cl)c(C=O)c(=O)oc2c1. The molecular formula is C19H16ClNO3. The molecule has 0 bridgehead atoms. The highest BCUT2D eigenvalue weighted by Crippen LogP contribution is 2.28. The molecule has 1 aromatic heterocycles. The highest BCUT2D eigenvalue weighted by molar-refractivity contribution is 6.37. The van der Waals surface area contributed by atoms with E-state index in [1.165, 1.54) is 5.56 Å². The summed E-state index contributed by atoms with van der Waals surface area (Å²) in [6.45, 7) is 3.60. The summed E-state index contributed by atoms with van der Waals surface area (Å²) in [7, 11) is 0. The zero-order valence-corrected chi connectivity index (χ0v) is 13.9. The van der Waals surface area contributed by atoms with Gasteiger partial charge in [-0.3, -0.25) is 4.79 Å². The summed E-state index contributed by atoms with van der Waals surface area (Å²) in [6.07, 6.45) is 0.426. The number of hydrogen-bond acceptors (Lipinski definition) is 4. The lowest BCUT2D eigenvalue weighted by Gasteiger charge is -2.23. The molecular weight excluding hydrogens is 326 g/mol. The molecule has 0 aliphatic carbocycles. The van der Waals surface area contributed by atoms with Crippen LogP contribution in [0.5, 0.6) is 0 Å². The predicted molar refractivity (Wildman–Crippen MR) is 96.0 cm³/mol. The van der Waals surface area contributed by atoms with Gasteiger partial charge in [-0.05, 0) is 24.6 Å². The van der Waals surface area contributed by atoms with E-state index in [0.29, 0.717) is 17.3 Å². The van der Waals surface area contributed by atoms with Gasteiger partial charge < -0.3 is 9.32 Å². The lowest BCUT2D eigenvalue weighted by atomic mass is 10.1. The van der Waals surface area contributed by atoms with E-state index >= 15 is 0 Å². The molecule has 0 saturated carbocycles. The van der Waals surface area contributed by atoms with Crippen molar-refractivity contribution in [1.82, 2.24) is 0 Å². The van der Waals surface area contributed by atoms with Crippen molar-refractivity contribution in [2.45, 2.75) is 13.5 Å². The molecule has 1 heterocycles. The van der Waals surface area contributed by atoms with E-state index in [0.717, 1.165) is 18.8 Å². The number of hydrogen-bond donors (Lipinski definition) is 0. The van der Waals surface area contributed by atoms with Crippen molar-refractivity contribution in [2.24, 2.45) is 0 Å². The van der Waals surface area contributed by atoms with Crippen LogP contribution in [0.4, 0.5) is 5.69 Å². The Bertz CT molecular complexity index is 934. The summed E-state index contributed by atoms with van der Waals surface area (Å²) in [5.41, 5.74) is 1.63. The third kappa shape index (κ3) is 3.05. The fourth-order valence-corrected chi connectivity index (χ4v) is 2.93. The van der Waals surface area contributed by atoms with Gasteiger partial charge in [-0.1, -0.05) is 41.9 Å². The first-order valence-electron chi connectivity index (χ1n) is 7.64. The zero-order valence-electron chi connectivity index (χ0n) is 13.2. The molecule has 2 aromatic carbocycles. The molecule has 24 heavy (non-hydrogen) atoms. The highest BCUT2D eigenvalue weighted by atomic mass is 35.5. The van der Waals surface area contributed by atoms with Crippen molar-refractivity contribution in [3.63, 3.8) is 0 Å². The number of nitrogens with zero attached hydrogens (tertiary/aromatic N) is 1. The Kier molecular flexibility index (Phi) is 4.67. The van der Waals surface area contributed by atoms with Crippen LogP contribution in [-0.4, -0.2) is 12.8 Å². The number of rotatable bonds is 5. The van der Waals surface area contributed by atoms with Crippen LogP contribution < -0.4 is 10.5 Å². The summed E-state index contributed by atoms with van der Waals surface area (Å²) in [5, 5.41) is 0.687. The maximum absolute atomic E-state index is 11.8. The Labute approximate surface area is 144 Å². The molecule has 0 saturated heterocycles. The van der Waals surface area contributed by atoms with Gasteiger partial charge in [-0.25, -0.2) is 4.79 Å². The number of carbonyl (C=O) groups excluding carboxylic acids is 1. The molecule has 5 heteroatoms. The quantitative estimate of drug-likeness (QED) is 0.513. The molecule has 122 valence electrons. The average molecular weight is 342 g/mol. The number of carbonyl (C=O) groups is 1. The fraction of sp³-hybridized carbons (Fsp3) is 0.158. The minimum absolute atomic E-state index is 0.133. The Morgan fingerprint density at radius 3 is 2.58 bits per heavy atom. The van der Waals surface area contributed by atoms with Crippen molar-refractivity contribution < 1.29 is 9.21 Å². The van der Waals surface area contributed by atoms with Crippen molar-refractivity contribution in [3.05, 3.63) is 75.1 Å². The van der Waals surface area contributed by atoms with Gasteiger partial charge in [0.25, 0.3) is 0 Å². The van der Waals surface area contributed by atoms with E-state index in [1.54, 1.807) is 12.1 Å². The fourth-order valence-electron chi connectivity index (χ4n) is 2.65. The highest BCUT2D eigenvalue weighted by Gasteiger charge is 2.14. The lowest BCUT2D eigenvalue weighted by Crippen LogP contribution is -2.21. The van der Waals surface area contributed by atoms with Gasteiger partial charge in [0.2, 0.25) is 0 Å². The van der Waals surface area contributed by atoms with Gasteiger partial charge in [-0.2, -0.15) is 0 Å². The van der Waals surface area contributed by atoms with Crippen LogP contribution in [0.25, 0.3) is 11.0 Å². The molecule has 0 atom stereocenters. The van der Waals surface area contributed by atoms with Crippen LogP contribution in [0.15, 0.2) is 57.7 Å². The first-order valence-corrected chi connectivity index (χ1v) is 8.02. The maximum Gasteiger partial charge on any atom is 0.348 e. The van der Waals surface area contributed by atoms with E-state index in [1.807, 2.05) is 24.3 Å². The normalized spacial score (nSPS) is 10.8. The van der Waals surface area contributed by atoms with Crippen LogP contribution in [0.1, 0.15) is 22.8 Å². The molecule has 4 nitrogen and oxygen atoms in total. The second-order valence-electron chi connectivity index (χ2n) is 5.42. The third-order valence-corrected chi connectivity index (χ3v) is 4.35. The summed E-state index contributed by atoms with van der Waals surface area (Å²) < 4.78 is 5.25. The topological polar surface area (TPSA) is 50.5 Å². The number of halogens is 1. The second kappa shape index (κ2) is 6.89. The number of fused-ring (bicyclic) bond motifs is 1. The smallest absolute Gasteiger partial charge is 0.348 e. The van der Waals surface area contributed by atoms with E-state index in [2.05, 4.69) is 24.0 Å². The largest absolute Gasteiger partial charge is 0.422 e. The Morgan fingerprint density at radius 2 is 1.92 bits per heavy atom. The lowest BCUT2D eigenvalue weighted by molar-refractivity contribution is 0.112. The van der Waals surface area contributed by atoms with Crippen molar-refractivity contribution in [2.75, 3.05) is 11.4 Å². The molecule has 0 unspecified atom stereocenters. The van der Waals surface area contributed by atoms with Crippen molar-refractivity contribution in [3.8, 4) is 0 Å². The van der Waals surface area contributed by atoms with Gasteiger partial charge in [0.05, 0.1) is 5.02 Å². The van der Waals surface area contributed by atoms with Crippen LogP contribution in [0, 0.1) is 0 Å². The minimum Gasteiger partial charge on any atom is -0.422 e.